The molecule has 3 nitrogen and oxygen atoms in total. The maximum Gasteiger partial charge on any atom is 0.140 e. The second kappa shape index (κ2) is 5.05. The molecule has 3 aromatic rings. The van der Waals surface area contributed by atoms with Crippen molar-refractivity contribution in [3.05, 3.63) is 60.0 Å². The standard InChI is InChI=1S/C20H21N3/c1-20(2,3)17-13-22-19-16-9-11-21-18(14-7-5-4-6-8-14)15(16)10-12-23(17)19/h4-9,11,13H,10,12H2,1-3H3. The number of hydrogen-bond donors (Lipinski definition) is 0. The number of aromatic nitrogens is 3. The third kappa shape index (κ3) is 2.27. The van der Waals surface area contributed by atoms with Gasteiger partial charge in [0.25, 0.3) is 0 Å². The number of fused-ring (bicyclic) bond motifs is 3. The van der Waals surface area contributed by atoms with Gasteiger partial charge in [0, 0.05) is 41.2 Å². The van der Waals surface area contributed by atoms with Crippen LogP contribution in [0.5, 0.6) is 0 Å². The van der Waals surface area contributed by atoms with Crippen LogP contribution in [0, 0.1) is 0 Å². The maximum absolute atomic E-state index is 4.73. The summed E-state index contributed by atoms with van der Waals surface area (Å²) in [4.78, 5) is 9.39. The third-order valence-corrected chi connectivity index (χ3v) is 4.55. The molecule has 1 aliphatic heterocycles. The van der Waals surface area contributed by atoms with Crippen LogP contribution in [0.25, 0.3) is 22.6 Å². The molecule has 0 fully saturated rings. The van der Waals surface area contributed by atoms with Gasteiger partial charge in [0.15, 0.2) is 0 Å². The second-order valence-corrected chi connectivity index (χ2v) is 7.17. The van der Waals surface area contributed by atoms with E-state index in [9.17, 15) is 0 Å². The molecule has 116 valence electrons. The largest absolute Gasteiger partial charge is 0.327 e. The molecule has 1 aliphatic rings. The van der Waals surface area contributed by atoms with Gasteiger partial charge in [-0.25, -0.2) is 4.98 Å². The minimum Gasteiger partial charge on any atom is -0.327 e. The third-order valence-electron chi connectivity index (χ3n) is 4.55. The lowest BCUT2D eigenvalue weighted by atomic mass is 9.91. The van der Waals surface area contributed by atoms with Crippen LogP contribution >= 0.6 is 0 Å². The van der Waals surface area contributed by atoms with Crippen molar-refractivity contribution in [1.29, 1.82) is 0 Å². The molecule has 0 unspecified atom stereocenters. The molecule has 0 amide bonds. The summed E-state index contributed by atoms with van der Waals surface area (Å²) in [5.41, 5.74) is 6.22. The molecule has 3 heterocycles. The Hall–Kier alpha value is -2.42. The highest BCUT2D eigenvalue weighted by Crippen LogP contribution is 2.36. The fourth-order valence-corrected chi connectivity index (χ4v) is 3.44. The van der Waals surface area contributed by atoms with Crippen molar-refractivity contribution in [2.75, 3.05) is 0 Å². The second-order valence-electron chi connectivity index (χ2n) is 7.17. The molecule has 4 rings (SSSR count). The first kappa shape index (κ1) is 14.2. The zero-order chi connectivity index (χ0) is 16.0. The molecular formula is C20H21N3. The Bertz CT molecular complexity index is 854. The summed E-state index contributed by atoms with van der Waals surface area (Å²) >= 11 is 0. The van der Waals surface area contributed by atoms with Crippen molar-refractivity contribution in [1.82, 2.24) is 14.5 Å². The summed E-state index contributed by atoms with van der Waals surface area (Å²) in [6.45, 7) is 7.71. The van der Waals surface area contributed by atoms with Crippen LogP contribution in [0.15, 0.2) is 48.8 Å². The van der Waals surface area contributed by atoms with Crippen molar-refractivity contribution in [2.45, 2.75) is 39.2 Å². The molecule has 23 heavy (non-hydrogen) atoms. The fourth-order valence-electron chi connectivity index (χ4n) is 3.44. The fraction of sp³-hybridized carbons (Fsp3) is 0.300. The highest BCUT2D eigenvalue weighted by molar-refractivity contribution is 5.74. The van der Waals surface area contributed by atoms with Crippen LogP contribution in [0.4, 0.5) is 0 Å². The van der Waals surface area contributed by atoms with Gasteiger partial charge in [0.05, 0.1) is 5.69 Å². The van der Waals surface area contributed by atoms with Crippen LogP contribution in [0.3, 0.4) is 0 Å². The highest BCUT2D eigenvalue weighted by Gasteiger charge is 2.27. The first-order chi connectivity index (χ1) is 11.1. The monoisotopic (exact) mass is 303 g/mol. The van der Waals surface area contributed by atoms with E-state index < -0.39 is 0 Å². The van der Waals surface area contributed by atoms with E-state index in [2.05, 4.69) is 60.7 Å². The van der Waals surface area contributed by atoms with E-state index in [0.717, 1.165) is 24.5 Å². The smallest absolute Gasteiger partial charge is 0.140 e. The Morgan fingerprint density at radius 2 is 1.78 bits per heavy atom. The lowest BCUT2D eigenvalue weighted by Gasteiger charge is -2.26. The Morgan fingerprint density at radius 1 is 1.00 bits per heavy atom. The summed E-state index contributed by atoms with van der Waals surface area (Å²) in [7, 11) is 0. The quantitative estimate of drug-likeness (QED) is 0.664. The Labute approximate surface area is 137 Å². The number of nitrogens with zero attached hydrogens (tertiary/aromatic N) is 3. The molecule has 0 spiro atoms. The summed E-state index contributed by atoms with van der Waals surface area (Å²) in [6.07, 6.45) is 4.94. The SMILES string of the molecule is CC(C)(C)c1cnc2n1CCc1c-2ccnc1-c1ccccc1. The van der Waals surface area contributed by atoms with Gasteiger partial charge in [-0.1, -0.05) is 51.1 Å². The van der Waals surface area contributed by atoms with Gasteiger partial charge >= 0.3 is 0 Å². The zero-order valence-electron chi connectivity index (χ0n) is 13.9. The van der Waals surface area contributed by atoms with Gasteiger partial charge in [0.1, 0.15) is 5.82 Å². The summed E-state index contributed by atoms with van der Waals surface area (Å²) < 4.78 is 2.37. The predicted octanol–water partition coefficient (Wildman–Crippen LogP) is 4.47. The van der Waals surface area contributed by atoms with E-state index in [1.807, 2.05) is 18.5 Å². The molecule has 2 aromatic heterocycles. The maximum atomic E-state index is 4.73. The molecule has 0 atom stereocenters. The molecule has 0 bridgehead atoms. The lowest BCUT2D eigenvalue weighted by Crippen LogP contribution is -2.21. The van der Waals surface area contributed by atoms with Crippen LogP contribution in [-0.4, -0.2) is 14.5 Å². The van der Waals surface area contributed by atoms with Crippen molar-refractivity contribution >= 4 is 0 Å². The van der Waals surface area contributed by atoms with Crippen LogP contribution in [-0.2, 0) is 18.4 Å². The summed E-state index contributed by atoms with van der Waals surface area (Å²) in [6, 6.07) is 12.5. The summed E-state index contributed by atoms with van der Waals surface area (Å²) in [5, 5.41) is 0. The Balaban J connectivity index is 1.90. The Kier molecular flexibility index (Phi) is 3.12. The number of rotatable bonds is 1. The van der Waals surface area contributed by atoms with Gasteiger partial charge < -0.3 is 4.57 Å². The van der Waals surface area contributed by atoms with E-state index >= 15 is 0 Å². The first-order valence-electron chi connectivity index (χ1n) is 8.15. The van der Waals surface area contributed by atoms with Gasteiger partial charge in [-0.3, -0.25) is 4.98 Å². The van der Waals surface area contributed by atoms with E-state index in [0.29, 0.717) is 0 Å². The number of benzene rings is 1. The highest BCUT2D eigenvalue weighted by atomic mass is 15.1. The number of imidazole rings is 1. The molecule has 0 radical (unpaired) electrons. The predicted molar refractivity (Wildman–Crippen MR) is 93.3 cm³/mol. The molecule has 0 N–H and O–H groups in total. The van der Waals surface area contributed by atoms with Crippen LogP contribution in [0.1, 0.15) is 32.0 Å². The minimum atomic E-state index is 0.109. The van der Waals surface area contributed by atoms with Crippen molar-refractivity contribution in [3.8, 4) is 22.6 Å². The summed E-state index contributed by atoms with van der Waals surface area (Å²) in [5.74, 6) is 1.08. The molecular weight excluding hydrogens is 282 g/mol. The number of hydrogen-bond acceptors (Lipinski definition) is 2. The van der Waals surface area contributed by atoms with Gasteiger partial charge in [0.2, 0.25) is 0 Å². The van der Waals surface area contributed by atoms with Crippen molar-refractivity contribution < 1.29 is 0 Å². The molecule has 0 aliphatic carbocycles. The first-order valence-corrected chi connectivity index (χ1v) is 8.15. The average molecular weight is 303 g/mol. The van der Waals surface area contributed by atoms with Crippen LogP contribution in [0.2, 0.25) is 0 Å². The zero-order valence-corrected chi connectivity index (χ0v) is 13.9. The van der Waals surface area contributed by atoms with E-state index in [4.69, 9.17) is 4.98 Å². The number of pyridine rings is 1. The van der Waals surface area contributed by atoms with Crippen LogP contribution < -0.4 is 0 Å². The van der Waals surface area contributed by atoms with Gasteiger partial charge in [-0.15, -0.1) is 0 Å². The van der Waals surface area contributed by atoms with Gasteiger partial charge in [-0.2, -0.15) is 0 Å². The normalized spacial score (nSPS) is 13.5. The van der Waals surface area contributed by atoms with Gasteiger partial charge in [-0.05, 0) is 18.1 Å². The van der Waals surface area contributed by atoms with E-state index in [-0.39, 0.29) is 5.41 Å². The average Bonchev–Trinajstić information content (AvgIpc) is 3.00. The van der Waals surface area contributed by atoms with Crippen molar-refractivity contribution in [2.24, 2.45) is 0 Å². The van der Waals surface area contributed by atoms with Crippen molar-refractivity contribution in [3.63, 3.8) is 0 Å². The minimum absolute atomic E-state index is 0.109. The molecule has 3 heteroatoms. The van der Waals surface area contributed by atoms with E-state index in [1.165, 1.54) is 22.4 Å². The molecule has 1 aromatic carbocycles. The van der Waals surface area contributed by atoms with E-state index in [1.54, 1.807) is 0 Å². The molecule has 0 saturated heterocycles. The molecule has 0 saturated carbocycles. The topological polar surface area (TPSA) is 30.7 Å². The lowest BCUT2D eigenvalue weighted by molar-refractivity contribution is 0.514. The Morgan fingerprint density at radius 3 is 2.52 bits per heavy atom.